The van der Waals surface area contributed by atoms with Crippen molar-refractivity contribution in [1.82, 2.24) is 0 Å². The second kappa shape index (κ2) is 3.22. The van der Waals surface area contributed by atoms with Crippen LogP contribution < -0.4 is 4.74 Å². The fraction of sp³-hybridized carbons (Fsp3) is 0.167. The number of benzene rings is 2. The van der Waals surface area contributed by atoms with Crippen LogP contribution in [0.2, 0.25) is 0 Å². The summed E-state index contributed by atoms with van der Waals surface area (Å²) in [5, 5.41) is 11.5. The molecule has 0 unspecified atom stereocenters. The van der Waals surface area contributed by atoms with Gasteiger partial charge in [-0.15, -0.1) is 0 Å². The van der Waals surface area contributed by atoms with E-state index in [2.05, 4.69) is 0 Å². The number of rotatable bonds is 1. The van der Waals surface area contributed by atoms with E-state index in [1.165, 1.54) is 0 Å². The van der Waals surface area contributed by atoms with Crippen molar-refractivity contribution in [2.24, 2.45) is 0 Å². The number of hydrogen-bond donors (Lipinski definition) is 1. The van der Waals surface area contributed by atoms with Gasteiger partial charge in [0, 0.05) is 10.8 Å². The highest BCUT2D eigenvalue weighted by Crippen LogP contribution is 2.34. The number of aromatic hydroxyl groups is 1. The van der Waals surface area contributed by atoms with Crippen molar-refractivity contribution in [2.75, 3.05) is 7.11 Å². The van der Waals surface area contributed by atoms with Gasteiger partial charge in [-0.1, -0.05) is 18.2 Å². The quantitative estimate of drug-likeness (QED) is 0.745. The number of hydrogen-bond acceptors (Lipinski definition) is 2. The molecule has 0 aromatic heterocycles. The highest BCUT2D eigenvalue weighted by atomic mass is 16.5. The summed E-state index contributed by atoms with van der Waals surface area (Å²) in [6, 6.07) is 9.26. The summed E-state index contributed by atoms with van der Waals surface area (Å²) in [6.07, 6.45) is 0. The Kier molecular flexibility index (Phi) is 2.04. The number of ether oxygens (including phenoxy) is 1. The predicted octanol–water partition coefficient (Wildman–Crippen LogP) is 2.86. The van der Waals surface area contributed by atoms with Gasteiger partial charge in [-0.2, -0.15) is 0 Å². The highest BCUT2D eigenvalue weighted by Gasteiger charge is 2.06. The van der Waals surface area contributed by atoms with Crippen LogP contribution in [0.3, 0.4) is 0 Å². The van der Waals surface area contributed by atoms with E-state index in [-0.39, 0.29) is 0 Å². The maximum atomic E-state index is 9.66. The fourth-order valence-electron chi connectivity index (χ4n) is 1.71. The molecule has 2 heteroatoms. The maximum Gasteiger partial charge on any atom is 0.127 e. The molecule has 0 aliphatic heterocycles. The van der Waals surface area contributed by atoms with Crippen LogP contribution in [0.1, 0.15) is 5.56 Å². The van der Waals surface area contributed by atoms with E-state index in [9.17, 15) is 5.11 Å². The Bertz CT molecular complexity index is 475. The molecule has 0 saturated heterocycles. The Morgan fingerprint density at radius 1 is 1.14 bits per heavy atom. The second-order valence-electron chi connectivity index (χ2n) is 3.28. The molecule has 0 atom stereocenters. The van der Waals surface area contributed by atoms with E-state index in [1.54, 1.807) is 19.2 Å². The van der Waals surface area contributed by atoms with Gasteiger partial charge in [0.2, 0.25) is 0 Å². The number of methoxy groups -OCH3 is 1. The van der Waals surface area contributed by atoms with Gasteiger partial charge in [-0.25, -0.2) is 0 Å². The van der Waals surface area contributed by atoms with Crippen molar-refractivity contribution >= 4 is 10.8 Å². The van der Waals surface area contributed by atoms with E-state index in [4.69, 9.17) is 4.74 Å². The van der Waals surface area contributed by atoms with Crippen LogP contribution in [0.25, 0.3) is 10.8 Å². The number of phenols is 1. The third-order valence-corrected chi connectivity index (χ3v) is 2.41. The van der Waals surface area contributed by atoms with E-state index in [1.807, 2.05) is 25.1 Å². The van der Waals surface area contributed by atoms with Crippen LogP contribution in [-0.2, 0) is 0 Å². The van der Waals surface area contributed by atoms with Crippen LogP contribution in [0.15, 0.2) is 30.3 Å². The molecule has 0 fully saturated rings. The van der Waals surface area contributed by atoms with Crippen molar-refractivity contribution in [2.45, 2.75) is 6.92 Å². The Balaban J connectivity index is 2.92. The van der Waals surface area contributed by atoms with Crippen LogP contribution in [0.5, 0.6) is 11.5 Å². The number of phenolic OH excluding ortho intramolecular Hbond substituents is 1. The second-order valence-corrected chi connectivity index (χ2v) is 3.28. The molecular formula is C12H12O2. The standard InChI is InChI=1S/C12H12O2/c1-8-4-3-5-9-10(13)6-7-11(14-2)12(8)9/h3-7,13H,1-2H3. The summed E-state index contributed by atoms with van der Waals surface area (Å²) in [5.41, 5.74) is 1.11. The minimum atomic E-state index is 0.296. The molecule has 14 heavy (non-hydrogen) atoms. The summed E-state index contributed by atoms with van der Waals surface area (Å²) >= 11 is 0. The highest BCUT2D eigenvalue weighted by molar-refractivity contribution is 5.95. The lowest BCUT2D eigenvalue weighted by Crippen LogP contribution is -1.87. The zero-order valence-corrected chi connectivity index (χ0v) is 8.24. The van der Waals surface area contributed by atoms with E-state index in [0.29, 0.717) is 5.75 Å². The molecule has 72 valence electrons. The lowest BCUT2D eigenvalue weighted by Gasteiger charge is -2.08. The largest absolute Gasteiger partial charge is 0.507 e. The topological polar surface area (TPSA) is 29.5 Å². The van der Waals surface area contributed by atoms with Gasteiger partial charge in [-0.3, -0.25) is 0 Å². The Morgan fingerprint density at radius 3 is 2.64 bits per heavy atom. The zero-order chi connectivity index (χ0) is 10.1. The van der Waals surface area contributed by atoms with Gasteiger partial charge in [-0.05, 0) is 24.6 Å². The van der Waals surface area contributed by atoms with Crippen molar-refractivity contribution < 1.29 is 9.84 Å². The Labute approximate surface area is 82.8 Å². The Morgan fingerprint density at radius 2 is 1.93 bits per heavy atom. The lowest BCUT2D eigenvalue weighted by atomic mass is 10.0. The van der Waals surface area contributed by atoms with Gasteiger partial charge in [0.05, 0.1) is 7.11 Å². The van der Waals surface area contributed by atoms with Crippen molar-refractivity contribution in [1.29, 1.82) is 0 Å². The van der Waals surface area contributed by atoms with Gasteiger partial charge in [0.15, 0.2) is 0 Å². The van der Waals surface area contributed by atoms with Gasteiger partial charge in [0.25, 0.3) is 0 Å². The van der Waals surface area contributed by atoms with E-state index < -0.39 is 0 Å². The lowest BCUT2D eigenvalue weighted by molar-refractivity contribution is 0.418. The minimum Gasteiger partial charge on any atom is -0.507 e. The molecule has 0 saturated carbocycles. The number of aryl methyl sites for hydroxylation is 1. The normalized spacial score (nSPS) is 10.4. The van der Waals surface area contributed by atoms with Gasteiger partial charge in [0.1, 0.15) is 11.5 Å². The van der Waals surface area contributed by atoms with Crippen molar-refractivity contribution in [3.05, 3.63) is 35.9 Å². The first-order valence-electron chi connectivity index (χ1n) is 4.49. The summed E-state index contributed by atoms with van der Waals surface area (Å²) < 4.78 is 5.25. The number of fused-ring (bicyclic) bond motifs is 1. The van der Waals surface area contributed by atoms with Crippen molar-refractivity contribution in [3.8, 4) is 11.5 Å². The van der Waals surface area contributed by atoms with Crippen molar-refractivity contribution in [3.63, 3.8) is 0 Å². The molecule has 0 amide bonds. The van der Waals surface area contributed by atoms with Crippen LogP contribution in [0, 0.1) is 6.92 Å². The van der Waals surface area contributed by atoms with Crippen LogP contribution in [-0.4, -0.2) is 12.2 Å². The van der Waals surface area contributed by atoms with Gasteiger partial charge < -0.3 is 9.84 Å². The molecule has 2 aromatic carbocycles. The minimum absolute atomic E-state index is 0.296. The van der Waals surface area contributed by atoms with E-state index in [0.717, 1.165) is 22.1 Å². The molecule has 0 bridgehead atoms. The third kappa shape index (κ3) is 1.20. The third-order valence-electron chi connectivity index (χ3n) is 2.41. The first-order chi connectivity index (χ1) is 6.74. The van der Waals surface area contributed by atoms with Crippen LogP contribution >= 0.6 is 0 Å². The van der Waals surface area contributed by atoms with E-state index >= 15 is 0 Å². The smallest absolute Gasteiger partial charge is 0.127 e. The molecule has 1 N–H and O–H groups in total. The molecule has 2 nitrogen and oxygen atoms in total. The summed E-state index contributed by atoms with van der Waals surface area (Å²) in [6.45, 7) is 2.00. The SMILES string of the molecule is COc1ccc(O)c2cccc(C)c12. The molecule has 2 rings (SSSR count). The average Bonchev–Trinajstić information content (AvgIpc) is 2.20. The fourth-order valence-corrected chi connectivity index (χ4v) is 1.71. The molecule has 0 radical (unpaired) electrons. The van der Waals surface area contributed by atoms with Crippen LogP contribution in [0.4, 0.5) is 0 Å². The summed E-state index contributed by atoms with van der Waals surface area (Å²) in [5.74, 6) is 1.10. The summed E-state index contributed by atoms with van der Waals surface area (Å²) in [4.78, 5) is 0. The molecule has 0 spiro atoms. The molecular weight excluding hydrogens is 176 g/mol. The average molecular weight is 188 g/mol. The Hall–Kier alpha value is -1.70. The predicted molar refractivity (Wildman–Crippen MR) is 56.9 cm³/mol. The summed E-state index contributed by atoms with van der Waals surface area (Å²) in [7, 11) is 1.64. The molecule has 2 aromatic rings. The molecule has 0 heterocycles. The monoisotopic (exact) mass is 188 g/mol. The zero-order valence-electron chi connectivity index (χ0n) is 8.24. The molecule has 0 aliphatic carbocycles. The maximum absolute atomic E-state index is 9.66. The first kappa shape index (κ1) is 8.88. The van der Waals surface area contributed by atoms with Gasteiger partial charge >= 0.3 is 0 Å². The molecule has 0 aliphatic rings. The first-order valence-corrected chi connectivity index (χ1v) is 4.49.